The third kappa shape index (κ3) is 3.27. The van der Waals surface area contributed by atoms with Gasteiger partial charge in [0.25, 0.3) is 5.91 Å². The highest BCUT2D eigenvalue weighted by Crippen LogP contribution is 2.34. The van der Waals surface area contributed by atoms with Crippen LogP contribution in [0.15, 0.2) is 54.7 Å². The van der Waals surface area contributed by atoms with Crippen LogP contribution in [0.25, 0.3) is 0 Å². The molecule has 7 heteroatoms. The highest BCUT2D eigenvalue weighted by Gasteiger charge is 2.14. The number of para-hydroxylation sites is 1. The van der Waals surface area contributed by atoms with Crippen LogP contribution in [0.4, 0.5) is 17.3 Å². The van der Waals surface area contributed by atoms with Gasteiger partial charge in [0, 0.05) is 23.6 Å². The second-order valence-corrected chi connectivity index (χ2v) is 5.73. The van der Waals surface area contributed by atoms with Crippen LogP contribution in [0.2, 0.25) is 0 Å². The number of rotatable bonds is 4. The first-order valence-corrected chi connectivity index (χ1v) is 8.06. The van der Waals surface area contributed by atoms with Crippen molar-refractivity contribution in [2.45, 2.75) is 6.92 Å². The molecule has 7 nitrogen and oxygen atoms in total. The first-order chi connectivity index (χ1) is 12.7. The maximum absolute atomic E-state index is 12.5. The van der Waals surface area contributed by atoms with Gasteiger partial charge in [-0.15, -0.1) is 0 Å². The predicted molar refractivity (Wildman–Crippen MR) is 97.0 cm³/mol. The van der Waals surface area contributed by atoms with Crippen LogP contribution in [0.1, 0.15) is 16.1 Å². The zero-order valence-electron chi connectivity index (χ0n) is 14.0. The Labute approximate surface area is 150 Å². The Morgan fingerprint density at radius 3 is 2.81 bits per heavy atom. The molecule has 1 amide bonds. The fraction of sp³-hybridized carbons (Fsp3) is 0.105. The highest BCUT2D eigenvalue weighted by atomic mass is 16.7. The van der Waals surface area contributed by atoms with Crippen molar-refractivity contribution in [1.29, 1.82) is 0 Å². The number of carbonyl (C=O) groups is 1. The van der Waals surface area contributed by atoms with Gasteiger partial charge in [-0.2, -0.15) is 0 Å². The lowest BCUT2D eigenvalue weighted by Gasteiger charge is -2.09. The van der Waals surface area contributed by atoms with Gasteiger partial charge >= 0.3 is 0 Å². The zero-order chi connectivity index (χ0) is 17.9. The van der Waals surface area contributed by atoms with Crippen LogP contribution in [0.5, 0.6) is 11.5 Å². The number of hydrogen-bond donors (Lipinski definition) is 2. The topological polar surface area (TPSA) is 85.4 Å². The van der Waals surface area contributed by atoms with Crippen molar-refractivity contribution in [3.8, 4) is 11.5 Å². The van der Waals surface area contributed by atoms with Crippen LogP contribution in [-0.2, 0) is 0 Å². The van der Waals surface area contributed by atoms with Crippen molar-refractivity contribution in [3.63, 3.8) is 0 Å². The Balaban J connectivity index is 1.51. The number of aryl methyl sites for hydroxylation is 1. The van der Waals surface area contributed by atoms with E-state index in [9.17, 15) is 4.79 Å². The molecule has 0 bridgehead atoms. The minimum Gasteiger partial charge on any atom is -0.454 e. The van der Waals surface area contributed by atoms with E-state index in [0.717, 1.165) is 16.9 Å². The Hall–Kier alpha value is -3.61. The Morgan fingerprint density at radius 2 is 1.92 bits per heavy atom. The summed E-state index contributed by atoms with van der Waals surface area (Å²) in [6.07, 6.45) is 1.54. The number of hydrogen-bond acceptors (Lipinski definition) is 6. The molecule has 1 aliphatic rings. The maximum Gasteiger partial charge on any atom is 0.274 e. The van der Waals surface area contributed by atoms with Crippen LogP contribution >= 0.6 is 0 Å². The second kappa shape index (κ2) is 6.72. The number of nitrogens with one attached hydrogen (secondary N) is 2. The van der Waals surface area contributed by atoms with Gasteiger partial charge in [0.05, 0.1) is 0 Å². The summed E-state index contributed by atoms with van der Waals surface area (Å²) >= 11 is 0. The molecule has 1 aromatic heterocycles. The van der Waals surface area contributed by atoms with Gasteiger partial charge in [0.1, 0.15) is 5.69 Å². The molecule has 4 rings (SSSR count). The molecule has 0 radical (unpaired) electrons. The molecule has 2 heterocycles. The molecule has 0 spiro atoms. The van der Waals surface area contributed by atoms with E-state index in [-0.39, 0.29) is 18.4 Å². The van der Waals surface area contributed by atoms with Crippen molar-refractivity contribution in [2.75, 3.05) is 17.4 Å². The van der Waals surface area contributed by atoms with E-state index in [4.69, 9.17) is 9.47 Å². The molecule has 3 aromatic rings. The fourth-order valence-electron chi connectivity index (χ4n) is 2.55. The van der Waals surface area contributed by atoms with Crippen LogP contribution in [0, 0.1) is 6.92 Å². The molecular weight excluding hydrogens is 332 g/mol. The average Bonchev–Trinajstić information content (AvgIpc) is 3.11. The average molecular weight is 348 g/mol. The smallest absolute Gasteiger partial charge is 0.274 e. The fourth-order valence-corrected chi connectivity index (χ4v) is 2.55. The SMILES string of the molecule is Cc1ccccc1NC(=O)c1ccnc(Nc2ccc3c(c2)OCO3)n1. The van der Waals surface area contributed by atoms with E-state index < -0.39 is 0 Å². The lowest BCUT2D eigenvalue weighted by Crippen LogP contribution is -2.15. The number of amides is 1. The molecule has 0 aliphatic carbocycles. The number of fused-ring (bicyclic) bond motifs is 1. The van der Waals surface area contributed by atoms with Gasteiger partial charge in [0.15, 0.2) is 11.5 Å². The summed E-state index contributed by atoms with van der Waals surface area (Å²) < 4.78 is 10.6. The lowest BCUT2D eigenvalue weighted by atomic mass is 10.2. The quantitative estimate of drug-likeness (QED) is 0.750. The van der Waals surface area contributed by atoms with Crippen molar-refractivity contribution in [2.24, 2.45) is 0 Å². The minimum atomic E-state index is -0.296. The molecule has 130 valence electrons. The number of aromatic nitrogens is 2. The standard InChI is InChI=1S/C19H16N4O3/c1-12-4-2-3-5-14(12)22-18(24)15-8-9-20-19(23-15)21-13-6-7-16-17(10-13)26-11-25-16/h2-10H,11H2,1H3,(H,22,24)(H,20,21,23). The molecule has 2 aromatic carbocycles. The summed E-state index contributed by atoms with van der Waals surface area (Å²) in [5, 5.41) is 5.92. The van der Waals surface area contributed by atoms with E-state index in [1.165, 1.54) is 6.20 Å². The largest absolute Gasteiger partial charge is 0.454 e. The van der Waals surface area contributed by atoms with Gasteiger partial charge in [-0.05, 0) is 36.8 Å². The summed E-state index contributed by atoms with van der Waals surface area (Å²) in [5.74, 6) is 1.38. The van der Waals surface area contributed by atoms with Crippen LogP contribution in [0.3, 0.4) is 0 Å². The number of ether oxygens (including phenoxy) is 2. The van der Waals surface area contributed by atoms with Gasteiger partial charge < -0.3 is 20.1 Å². The van der Waals surface area contributed by atoms with Crippen molar-refractivity contribution in [1.82, 2.24) is 9.97 Å². The zero-order valence-corrected chi connectivity index (χ0v) is 14.0. The third-order valence-corrected chi connectivity index (χ3v) is 3.91. The Kier molecular flexibility index (Phi) is 4.10. The normalized spacial score (nSPS) is 11.9. The molecule has 0 unspecified atom stereocenters. The molecule has 1 aliphatic heterocycles. The predicted octanol–water partition coefficient (Wildman–Crippen LogP) is 3.51. The molecule has 0 fully saturated rings. The molecule has 2 N–H and O–H groups in total. The number of nitrogens with zero attached hydrogens (tertiary/aromatic N) is 2. The van der Waals surface area contributed by atoms with E-state index in [1.807, 2.05) is 37.3 Å². The molecule has 0 saturated heterocycles. The molecule has 0 saturated carbocycles. The van der Waals surface area contributed by atoms with Crippen LogP contribution in [-0.4, -0.2) is 22.7 Å². The monoisotopic (exact) mass is 348 g/mol. The molecule has 26 heavy (non-hydrogen) atoms. The second-order valence-electron chi connectivity index (χ2n) is 5.73. The third-order valence-electron chi connectivity index (χ3n) is 3.91. The maximum atomic E-state index is 12.5. The van der Waals surface area contributed by atoms with E-state index >= 15 is 0 Å². The Morgan fingerprint density at radius 1 is 1.08 bits per heavy atom. The summed E-state index contributed by atoms with van der Waals surface area (Å²) in [5.41, 5.74) is 2.74. The van der Waals surface area contributed by atoms with E-state index in [0.29, 0.717) is 17.4 Å². The van der Waals surface area contributed by atoms with Crippen molar-refractivity contribution < 1.29 is 14.3 Å². The van der Waals surface area contributed by atoms with Gasteiger partial charge in [-0.3, -0.25) is 4.79 Å². The summed E-state index contributed by atoms with van der Waals surface area (Å²) in [6, 6.07) is 14.6. The van der Waals surface area contributed by atoms with Gasteiger partial charge in [-0.1, -0.05) is 18.2 Å². The minimum absolute atomic E-state index is 0.212. The van der Waals surface area contributed by atoms with Crippen molar-refractivity contribution >= 4 is 23.2 Å². The number of benzene rings is 2. The first kappa shape index (κ1) is 15.9. The van der Waals surface area contributed by atoms with Crippen LogP contribution < -0.4 is 20.1 Å². The number of anilines is 3. The lowest BCUT2D eigenvalue weighted by molar-refractivity contribution is 0.102. The van der Waals surface area contributed by atoms with Gasteiger partial charge in [-0.25, -0.2) is 9.97 Å². The van der Waals surface area contributed by atoms with E-state index in [1.54, 1.807) is 18.2 Å². The Bertz CT molecular complexity index is 975. The molecule has 0 atom stereocenters. The summed E-state index contributed by atoms with van der Waals surface area (Å²) in [6.45, 7) is 2.14. The first-order valence-electron chi connectivity index (χ1n) is 8.06. The summed E-state index contributed by atoms with van der Waals surface area (Å²) in [4.78, 5) is 20.9. The summed E-state index contributed by atoms with van der Waals surface area (Å²) in [7, 11) is 0. The number of carbonyl (C=O) groups excluding carboxylic acids is 1. The van der Waals surface area contributed by atoms with Gasteiger partial charge in [0.2, 0.25) is 12.7 Å². The molecular formula is C19H16N4O3. The van der Waals surface area contributed by atoms with Crippen molar-refractivity contribution in [3.05, 3.63) is 66.0 Å². The highest BCUT2D eigenvalue weighted by molar-refractivity contribution is 6.03. The van der Waals surface area contributed by atoms with E-state index in [2.05, 4.69) is 20.6 Å².